The molecule has 114 valence electrons. The predicted molar refractivity (Wildman–Crippen MR) is 83.1 cm³/mol. The van der Waals surface area contributed by atoms with Crippen LogP contribution in [0, 0.1) is 11.8 Å². The molecular formula is C15H20N2O3S. The molecule has 0 aromatic carbocycles. The number of aliphatic hydroxyl groups excluding tert-OH is 1. The summed E-state index contributed by atoms with van der Waals surface area (Å²) < 4.78 is 0. The molecule has 21 heavy (non-hydrogen) atoms. The van der Waals surface area contributed by atoms with Gasteiger partial charge in [-0.15, -0.1) is 11.3 Å². The van der Waals surface area contributed by atoms with Crippen molar-refractivity contribution in [3.8, 4) is 11.8 Å². The fourth-order valence-corrected chi connectivity index (χ4v) is 2.30. The quantitative estimate of drug-likeness (QED) is 0.689. The number of aliphatic hydroxyl groups is 1. The monoisotopic (exact) mass is 308 g/mol. The van der Waals surface area contributed by atoms with Gasteiger partial charge in [0.05, 0.1) is 16.4 Å². The van der Waals surface area contributed by atoms with Crippen LogP contribution in [0.3, 0.4) is 0 Å². The van der Waals surface area contributed by atoms with E-state index in [1.165, 1.54) is 11.3 Å². The molecule has 3 N–H and O–H groups in total. The van der Waals surface area contributed by atoms with E-state index in [0.29, 0.717) is 17.8 Å². The van der Waals surface area contributed by atoms with E-state index in [4.69, 9.17) is 5.11 Å². The molecule has 1 heterocycles. The first kappa shape index (κ1) is 17.2. The Morgan fingerprint density at radius 1 is 1.38 bits per heavy atom. The Balaban J connectivity index is 2.39. The smallest absolute Gasteiger partial charge is 0.261 e. The van der Waals surface area contributed by atoms with Gasteiger partial charge in [-0.25, -0.2) is 0 Å². The largest absolute Gasteiger partial charge is 0.395 e. The van der Waals surface area contributed by atoms with Crippen molar-refractivity contribution in [1.29, 1.82) is 0 Å². The topological polar surface area (TPSA) is 78.4 Å². The molecule has 6 heteroatoms. The van der Waals surface area contributed by atoms with Crippen LogP contribution in [-0.2, 0) is 4.79 Å². The highest BCUT2D eigenvalue weighted by atomic mass is 32.1. The van der Waals surface area contributed by atoms with Crippen LogP contribution in [0.1, 0.15) is 41.2 Å². The standard InChI is InChI=1S/C15H20N2O3S/c1-11(2)17-14(19)8-9-16-15(20)13-7-6-12(21-13)5-3-4-10-18/h6-7,11,18H,4,8-10H2,1-2H3,(H,16,20)(H,17,19). The number of nitrogens with one attached hydrogen (secondary N) is 2. The summed E-state index contributed by atoms with van der Waals surface area (Å²) in [5, 5.41) is 14.1. The summed E-state index contributed by atoms with van der Waals surface area (Å²) in [6.07, 6.45) is 0.683. The minimum absolute atomic E-state index is 0.0319. The fourth-order valence-electron chi connectivity index (χ4n) is 1.50. The highest BCUT2D eigenvalue weighted by molar-refractivity contribution is 7.14. The Bertz CT molecular complexity index is 541. The third-order valence-corrected chi connectivity index (χ3v) is 3.36. The molecule has 1 rings (SSSR count). The second-order valence-corrected chi connectivity index (χ2v) is 5.75. The predicted octanol–water partition coefficient (Wildman–Crippen LogP) is 1.13. The number of rotatable bonds is 6. The SMILES string of the molecule is CC(C)NC(=O)CCNC(=O)c1ccc(C#CCCO)s1. The molecule has 0 atom stereocenters. The van der Waals surface area contributed by atoms with Gasteiger partial charge in [0.1, 0.15) is 0 Å². The molecule has 1 aromatic heterocycles. The minimum atomic E-state index is -0.201. The van der Waals surface area contributed by atoms with E-state index in [0.717, 1.165) is 4.88 Å². The van der Waals surface area contributed by atoms with Gasteiger partial charge in [-0.3, -0.25) is 9.59 Å². The van der Waals surface area contributed by atoms with E-state index in [1.54, 1.807) is 12.1 Å². The summed E-state index contributed by atoms with van der Waals surface area (Å²) in [4.78, 5) is 24.6. The third-order valence-electron chi connectivity index (χ3n) is 2.37. The second kappa shape index (κ2) is 9.16. The molecule has 2 amide bonds. The highest BCUT2D eigenvalue weighted by Gasteiger charge is 2.09. The summed E-state index contributed by atoms with van der Waals surface area (Å²) in [5.74, 6) is 5.41. The summed E-state index contributed by atoms with van der Waals surface area (Å²) in [5.41, 5.74) is 0. The van der Waals surface area contributed by atoms with E-state index >= 15 is 0 Å². The average molecular weight is 308 g/mol. The van der Waals surface area contributed by atoms with E-state index < -0.39 is 0 Å². The molecule has 0 bridgehead atoms. The number of amides is 2. The molecule has 0 aliphatic heterocycles. The molecule has 0 radical (unpaired) electrons. The second-order valence-electron chi connectivity index (χ2n) is 4.67. The first-order valence-electron chi connectivity index (χ1n) is 6.80. The Labute approximate surface area is 128 Å². The lowest BCUT2D eigenvalue weighted by atomic mass is 10.3. The van der Waals surface area contributed by atoms with Gasteiger partial charge >= 0.3 is 0 Å². The average Bonchev–Trinajstić information content (AvgIpc) is 2.87. The van der Waals surface area contributed by atoms with Gasteiger partial charge < -0.3 is 15.7 Å². The number of hydrogen-bond acceptors (Lipinski definition) is 4. The molecule has 0 aliphatic rings. The van der Waals surface area contributed by atoms with Crippen LogP contribution in [-0.4, -0.2) is 36.1 Å². The van der Waals surface area contributed by atoms with Crippen molar-refractivity contribution in [3.63, 3.8) is 0 Å². The van der Waals surface area contributed by atoms with Crippen LogP contribution in [0.5, 0.6) is 0 Å². The van der Waals surface area contributed by atoms with Crippen molar-refractivity contribution in [3.05, 3.63) is 21.9 Å². The van der Waals surface area contributed by atoms with E-state index in [1.807, 2.05) is 13.8 Å². The fraction of sp³-hybridized carbons (Fsp3) is 0.467. The number of carbonyl (C=O) groups is 2. The Morgan fingerprint density at radius 3 is 2.81 bits per heavy atom. The lowest BCUT2D eigenvalue weighted by molar-refractivity contribution is -0.121. The van der Waals surface area contributed by atoms with Crippen molar-refractivity contribution < 1.29 is 14.7 Å². The van der Waals surface area contributed by atoms with Gasteiger partial charge in [0.2, 0.25) is 5.91 Å². The molecule has 0 unspecified atom stereocenters. The molecule has 0 saturated carbocycles. The maximum atomic E-state index is 11.9. The normalized spacial score (nSPS) is 9.90. The van der Waals surface area contributed by atoms with Crippen LogP contribution in [0.15, 0.2) is 12.1 Å². The van der Waals surface area contributed by atoms with Crippen molar-refractivity contribution in [1.82, 2.24) is 10.6 Å². The van der Waals surface area contributed by atoms with Crippen LogP contribution < -0.4 is 10.6 Å². The van der Waals surface area contributed by atoms with Gasteiger partial charge in [0, 0.05) is 25.4 Å². The van der Waals surface area contributed by atoms with Crippen molar-refractivity contribution in [2.75, 3.05) is 13.2 Å². The molecule has 0 aliphatic carbocycles. The molecule has 0 saturated heterocycles. The zero-order chi connectivity index (χ0) is 15.7. The van der Waals surface area contributed by atoms with Gasteiger partial charge in [-0.05, 0) is 26.0 Å². The minimum Gasteiger partial charge on any atom is -0.395 e. The van der Waals surface area contributed by atoms with Crippen LogP contribution in [0.25, 0.3) is 0 Å². The molecule has 0 fully saturated rings. The highest BCUT2D eigenvalue weighted by Crippen LogP contribution is 2.15. The number of thiophene rings is 1. The Kier molecular flexibility index (Phi) is 7.51. The Hall–Kier alpha value is -1.84. The maximum Gasteiger partial charge on any atom is 0.261 e. The summed E-state index contributed by atoms with van der Waals surface area (Å²) >= 11 is 1.29. The third kappa shape index (κ3) is 6.93. The zero-order valence-electron chi connectivity index (χ0n) is 12.2. The van der Waals surface area contributed by atoms with E-state index in [2.05, 4.69) is 22.5 Å². The number of hydrogen-bond donors (Lipinski definition) is 3. The summed E-state index contributed by atoms with van der Waals surface area (Å²) in [6, 6.07) is 3.58. The Morgan fingerprint density at radius 2 is 2.14 bits per heavy atom. The maximum absolute atomic E-state index is 11.9. The molecular weight excluding hydrogens is 288 g/mol. The van der Waals surface area contributed by atoms with Gasteiger partial charge in [0.25, 0.3) is 5.91 Å². The van der Waals surface area contributed by atoms with Crippen molar-refractivity contribution in [2.45, 2.75) is 32.7 Å². The lowest BCUT2D eigenvalue weighted by Gasteiger charge is -2.08. The number of carbonyl (C=O) groups excluding carboxylic acids is 2. The summed E-state index contributed by atoms with van der Waals surface area (Å²) in [6.45, 7) is 4.12. The van der Waals surface area contributed by atoms with Crippen molar-refractivity contribution >= 4 is 23.2 Å². The first-order chi connectivity index (χ1) is 10.0. The van der Waals surface area contributed by atoms with Crippen LogP contribution in [0.2, 0.25) is 0 Å². The summed E-state index contributed by atoms with van der Waals surface area (Å²) in [7, 11) is 0. The van der Waals surface area contributed by atoms with Gasteiger partial charge in [-0.2, -0.15) is 0 Å². The molecule has 5 nitrogen and oxygen atoms in total. The van der Waals surface area contributed by atoms with E-state index in [-0.39, 0.29) is 30.9 Å². The molecule has 0 spiro atoms. The van der Waals surface area contributed by atoms with E-state index in [9.17, 15) is 9.59 Å². The zero-order valence-corrected chi connectivity index (χ0v) is 13.0. The molecule has 1 aromatic rings. The first-order valence-corrected chi connectivity index (χ1v) is 7.61. The van der Waals surface area contributed by atoms with Crippen LogP contribution in [0.4, 0.5) is 0 Å². The van der Waals surface area contributed by atoms with Crippen molar-refractivity contribution in [2.24, 2.45) is 0 Å². The van der Waals surface area contributed by atoms with Gasteiger partial charge in [0.15, 0.2) is 0 Å². The van der Waals surface area contributed by atoms with Crippen LogP contribution >= 0.6 is 11.3 Å². The van der Waals surface area contributed by atoms with Gasteiger partial charge in [-0.1, -0.05) is 11.8 Å². The lowest BCUT2D eigenvalue weighted by Crippen LogP contribution is -2.33.